The van der Waals surface area contributed by atoms with Crippen LogP contribution >= 0.6 is 0 Å². The summed E-state index contributed by atoms with van der Waals surface area (Å²) in [5.41, 5.74) is 3.96. The summed E-state index contributed by atoms with van der Waals surface area (Å²) < 4.78 is 0. The van der Waals surface area contributed by atoms with E-state index in [0.717, 1.165) is 11.5 Å². The van der Waals surface area contributed by atoms with Crippen molar-refractivity contribution in [2.24, 2.45) is 0 Å². The quantitative estimate of drug-likeness (QED) is 0.556. The van der Waals surface area contributed by atoms with E-state index >= 15 is 0 Å². The lowest BCUT2D eigenvalue weighted by Crippen LogP contribution is -1.99. The lowest BCUT2D eigenvalue weighted by atomic mass is 9.88. The molecular weight excluding hydrogens is 204 g/mol. The average molecular weight is 230 g/mol. The number of hydrogen-bond donors (Lipinski definition) is 0. The van der Waals surface area contributed by atoms with Gasteiger partial charge in [-0.05, 0) is 36.8 Å². The molecule has 0 unspecified atom stereocenters. The van der Waals surface area contributed by atoms with Gasteiger partial charge in [0.15, 0.2) is 0 Å². The lowest BCUT2D eigenvalue weighted by Gasteiger charge is -2.17. The first-order valence-electron chi connectivity index (χ1n) is 6.94. The highest BCUT2D eigenvalue weighted by atomic mass is 14.2. The van der Waals surface area contributed by atoms with Crippen molar-refractivity contribution in [1.29, 1.82) is 0 Å². The second kappa shape index (κ2) is 7.32. The van der Waals surface area contributed by atoms with Gasteiger partial charge in [0.25, 0.3) is 0 Å². The molecule has 1 rings (SSSR count). The molecule has 0 radical (unpaired) electrons. The molecule has 0 heteroatoms. The predicted octanol–water partition coefficient (Wildman–Crippen LogP) is 5.79. The van der Waals surface area contributed by atoms with Gasteiger partial charge in [0.05, 0.1) is 0 Å². The van der Waals surface area contributed by atoms with Gasteiger partial charge >= 0.3 is 0 Å². The smallest absolute Gasteiger partial charge is 0.0162 e. The molecule has 0 N–H and O–H groups in total. The maximum Gasteiger partial charge on any atom is -0.0162 e. The van der Waals surface area contributed by atoms with E-state index in [-0.39, 0.29) is 0 Å². The predicted molar refractivity (Wildman–Crippen MR) is 78.3 cm³/mol. The average Bonchev–Trinajstić information content (AvgIpc) is 2.34. The van der Waals surface area contributed by atoms with E-state index in [4.69, 9.17) is 0 Å². The molecule has 17 heavy (non-hydrogen) atoms. The van der Waals surface area contributed by atoms with Gasteiger partial charge in [-0.1, -0.05) is 69.5 Å². The second-order valence-corrected chi connectivity index (χ2v) is 5.03. The molecule has 0 heterocycles. The summed E-state index contributed by atoms with van der Waals surface area (Å²) in [6.07, 6.45) is 6.53. The molecule has 0 aliphatic rings. The van der Waals surface area contributed by atoms with E-state index in [1.165, 1.54) is 43.2 Å². The summed E-state index contributed by atoms with van der Waals surface area (Å²) in [5, 5.41) is 0. The maximum atomic E-state index is 4.03. The van der Waals surface area contributed by atoms with Crippen LogP contribution in [0.25, 0.3) is 5.57 Å². The Labute approximate surface area is 107 Å². The number of allylic oxidation sites excluding steroid dienone is 1. The number of benzene rings is 1. The topological polar surface area (TPSA) is 0 Å². The zero-order valence-electron chi connectivity index (χ0n) is 11.6. The summed E-state index contributed by atoms with van der Waals surface area (Å²) in [4.78, 5) is 0. The van der Waals surface area contributed by atoms with Gasteiger partial charge < -0.3 is 0 Å². The third kappa shape index (κ3) is 4.38. The van der Waals surface area contributed by atoms with Crippen LogP contribution < -0.4 is 0 Å². The van der Waals surface area contributed by atoms with E-state index < -0.39 is 0 Å². The van der Waals surface area contributed by atoms with Crippen molar-refractivity contribution < 1.29 is 0 Å². The number of hydrogen-bond acceptors (Lipinski definition) is 0. The van der Waals surface area contributed by atoms with Crippen LogP contribution in [0.4, 0.5) is 0 Å². The summed E-state index contributed by atoms with van der Waals surface area (Å²) in [6, 6.07) is 8.95. The minimum atomic E-state index is 0.735. The normalized spacial score (nSPS) is 12.4. The molecule has 0 fully saturated rings. The van der Waals surface area contributed by atoms with E-state index in [2.05, 4.69) is 51.6 Å². The monoisotopic (exact) mass is 230 g/mol. The van der Waals surface area contributed by atoms with Crippen LogP contribution in [0.3, 0.4) is 0 Å². The van der Waals surface area contributed by atoms with Crippen LogP contribution in [0.5, 0.6) is 0 Å². The van der Waals surface area contributed by atoms with Gasteiger partial charge in [0.2, 0.25) is 0 Å². The third-order valence-corrected chi connectivity index (χ3v) is 3.39. The van der Waals surface area contributed by atoms with Crippen molar-refractivity contribution in [3.05, 3.63) is 42.0 Å². The Bertz CT molecular complexity index is 349. The van der Waals surface area contributed by atoms with Crippen molar-refractivity contribution in [3.8, 4) is 0 Å². The molecular formula is C17H26. The molecule has 1 aromatic rings. The fourth-order valence-corrected chi connectivity index (χ4v) is 2.33. The lowest BCUT2D eigenvalue weighted by molar-refractivity contribution is 0.541. The fraction of sp³-hybridized carbons (Fsp3) is 0.529. The van der Waals surface area contributed by atoms with Gasteiger partial charge in [-0.15, -0.1) is 0 Å². The molecule has 0 bridgehead atoms. The van der Waals surface area contributed by atoms with Gasteiger partial charge in [-0.25, -0.2) is 0 Å². The number of unbranched alkanes of at least 4 members (excludes halogenated alkanes) is 1. The molecule has 0 aromatic heterocycles. The Morgan fingerprint density at radius 2 is 1.94 bits per heavy atom. The second-order valence-electron chi connectivity index (χ2n) is 5.03. The van der Waals surface area contributed by atoms with E-state index in [0.29, 0.717) is 0 Å². The summed E-state index contributed by atoms with van der Waals surface area (Å²) in [6.45, 7) is 10.7. The Hall–Kier alpha value is -1.04. The van der Waals surface area contributed by atoms with Crippen LogP contribution in [0.1, 0.15) is 69.9 Å². The van der Waals surface area contributed by atoms with Gasteiger partial charge in [-0.2, -0.15) is 0 Å². The highest BCUT2D eigenvalue weighted by Gasteiger charge is 2.10. The molecule has 0 aliphatic heterocycles. The van der Waals surface area contributed by atoms with Gasteiger partial charge in [-0.3, -0.25) is 0 Å². The molecule has 0 amide bonds. The highest BCUT2D eigenvalue weighted by molar-refractivity contribution is 5.61. The first kappa shape index (κ1) is 14.0. The zero-order valence-corrected chi connectivity index (χ0v) is 11.6. The molecule has 0 saturated carbocycles. The Balaban J connectivity index is 2.84. The minimum Gasteiger partial charge on any atom is -0.0955 e. The standard InChI is InChI=1S/C17H26/c1-5-7-10-15(9-6-2)17-12-8-11-16(13-17)14(3)4/h8,11-13,15H,3,5-7,9-10H2,1-2,4H3/t15-/m1/s1. The molecule has 0 spiro atoms. The van der Waals surface area contributed by atoms with E-state index in [1.807, 2.05) is 0 Å². The summed E-state index contributed by atoms with van der Waals surface area (Å²) in [5.74, 6) is 0.735. The van der Waals surface area contributed by atoms with Crippen LogP contribution in [0, 0.1) is 0 Å². The summed E-state index contributed by atoms with van der Waals surface area (Å²) in [7, 11) is 0. The van der Waals surface area contributed by atoms with Gasteiger partial charge in [0.1, 0.15) is 0 Å². The number of rotatable bonds is 7. The SMILES string of the molecule is C=C(C)c1cccc([C@H](CCC)CCCC)c1. The fourth-order valence-electron chi connectivity index (χ4n) is 2.33. The maximum absolute atomic E-state index is 4.03. The molecule has 94 valence electrons. The molecule has 0 aliphatic carbocycles. The Kier molecular flexibility index (Phi) is 6.04. The van der Waals surface area contributed by atoms with Crippen molar-refractivity contribution in [2.45, 2.75) is 58.8 Å². The summed E-state index contributed by atoms with van der Waals surface area (Å²) >= 11 is 0. The molecule has 1 atom stereocenters. The van der Waals surface area contributed by atoms with Crippen LogP contribution in [-0.2, 0) is 0 Å². The minimum absolute atomic E-state index is 0.735. The Morgan fingerprint density at radius 3 is 2.53 bits per heavy atom. The molecule has 0 saturated heterocycles. The highest BCUT2D eigenvalue weighted by Crippen LogP contribution is 2.28. The van der Waals surface area contributed by atoms with Crippen molar-refractivity contribution in [2.75, 3.05) is 0 Å². The van der Waals surface area contributed by atoms with Crippen molar-refractivity contribution in [1.82, 2.24) is 0 Å². The van der Waals surface area contributed by atoms with Crippen molar-refractivity contribution in [3.63, 3.8) is 0 Å². The van der Waals surface area contributed by atoms with Crippen LogP contribution in [-0.4, -0.2) is 0 Å². The third-order valence-electron chi connectivity index (χ3n) is 3.39. The Morgan fingerprint density at radius 1 is 1.18 bits per heavy atom. The van der Waals surface area contributed by atoms with E-state index in [1.54, 1.807) is 0 Å². The first-order chi connectivity index (χ1) is 8.19. The largest absolute Gasteiger partial charge is 0.0955 e. The molecule has 1 aromatic carbocycles. The van der Waals surface area contributed by atoms with Crippen LogP contribution in [0.15, 0.2) is 30.8 Å². The zero-order chi connectivity index (χ0) is 12.7. The first-order valence-corrected chi connectivity index (χ1v) is 6.94. The molecule has 0 nitrogen and oxygen atoms in total. The van der Waals surface area contributed by atoms with Gasteiger partial charge in [0, 0.05) is 0 Å². The van der Waals surface area contributed by atoms with E-state index in [9.17, 15) is 0 Å². The van der Waals surface area contributed by atoms with Crippen LogP contribution in [0.2, 0.25) is 0 Å². The van der Waals surface area contributed by atoms with Crippen molar-refractivity contribution >= 4 is 5.57 Å².